The number of nitrogens with zero attached hydrogens (tertiary/aromatic N) is 3. The van der Waals surface area contributed by atoms with Gasteiger partial charge in [0.25, 0.3) is 17.1 Å². The van der Waals surface area contributed by atoms with Crippen molar-refractivity contribution in [3.8, 4) is 11.5 Å². The van der Waals surface area contributed by atoms with Gasteiger partial charge in [-0.15, -0.1) is 0 Å². The van der Waals surface area contributed by atoms with Gasteiger partial charge in [-0.05, 0) is 0 Å². The standard InChI is InChI=1S/C6H3N3O8.Ca.K/c10-5-2(7(12)13)1-3(8(14)15)6(11)4(5)9(16)17;;/h1,10-11H;;/q;+2;+1/p-2. The zero-order chi connectivity index (χ0) is 13.3. The zero-order valence-electron chi connectivity index (χ0n) is 9.39. The van der Waals surface area contributed by atoms with E-state index in [4.69, 9.17) is 0 Å². The molecule has 0 saturated carbocycles. The van der Waals surface area contributed by atoms with Gasteiger partial charge >= 0.3 is 89.1 Å². The Bertz CT molecular complexity index is 512. The summed E-state index contributed by atoms with van der Waals surface area (Å²) in [5.74, 6) is -3.51. The topological polar surface area (TPSA) is 176 Å². The summed E-state index contributed by atoms with van der Waals surface area (Å²) in [5, 5.41) is 53.3. The third-order valence-electron chi connectivity index (χ3n) is 1.74. The van der Waals surface area contributed by atoms with Crippen LogP contribution < -0.4 is 61.6 Å². The molecule has 1 rings (SSSR count). The van der Waals surface area contributed by atoms with E-state index in [2.05, 4.69) is 0 Å². The Kier molecular flexibility index (Phi) is 9.22. The van der Waals surface area contributed by atoms with Crippen LogP contribution in [0.3, 0.4) is 0 Å². The predicted octanol–water partition coefficient (Wildman–Crippen LogP) is -3.82. The predicted molar refractivity (Wildman–Crippen MR) is 51.1 cm³/mol. The Hall–Kier alpha value is -0.0839. The van der Waals surface area contributed by atoms with Crippen LogP contribution in [0.4, 0.5) is 17.1 Å². The SMILES string of the molecule is O=[N+]([O-])c1cc([N+](=O)[O-])c([O-])c([N+](=O)[O-])c1[O-].[Ca+2].[K+]. The summed E-state index contributed by atoms with van der Waals surface area (Å²) < 4.78 is 0. The first-order valence-electron chi connectivity index (χ1n) is 3.75. The van der Waals surface area contributed by atoms with Gasteiger partial charge in [-0.2, -0.15) is 0 Å². The van der Waals surface area contributed by atoms with Gasteiger partial charge in [-0.3, -0.25) is 30.3 Å². The molecule has 1 aromatic rings. The van der Waals surface area contributed by atoms with Gasteiger partial charge in [0.1, 0.15) is 0 Å². The molecule has 0 spiro atoms. The van der Waals surface area contributed by atoms with E-state index in [1.165, 1.54) is 0 Å². The molecule has 19 heavy (non-hydrogen) atoms. The second kappa shape index (κ2) is 8.26. The molecular formula is C6HCaKN3O8+. The molecule has 0 fully saturated rings. The molecule has 90 valence electrons. The third kappa shape index (κ3) is 4.46. The van der Waals surface area contributed by atoms with Crippen molar-refractivity contribution in [3.63, 3.8) is 0 Å². The number of nitro benzene ring substituents is 3. The summed E-state index contributed by atoms with van der Waals surface area (Å²) in [4.78, 5) is 26.9. The van der Waals surface area contributed by atoms with E-state index in [0.717, 1.165) is 0 Å². The van der Waals surface area contributed by atoms with Crippen LogP contribution >= 0.6 is 0 Å². The maximum Gasteiger partial charge on any atom is 2.00 e. The van der Waals surface area contributed by atoms with Crippen molar-refractivity contribution < 1.29 is 76.4 Å². The van der Waals surface area contributed by atoms with Crippen molar-refractivity contribution in [2.45, 2.75) is 0 Å². The molecule has 0 aromatic heterocycles. The van der Waals surface area contributed by atoms with Gasteiger partial charge in [0.15, 0.2) is 0 Å². The molecule has 0 aliphatic rings. The van der Waals surface area contributed by atoms with Gasteiger partial charge in [0.05, 0.1) is 32.3 Å². The van der Waals surface area contributed by atoms with Crippen molar-refractivity contribution in [1.29, 1.82) is 0 Å². The van der Waals surface area contributed by atoms with E-state index >= 15 is 0 Å². The monoisotopic (exact) mass is 322 g/mol. The smallest absolute Gasteiger partial charge is 0.863 e. The number of rotatable bonds is 3. The fraction of sp³-hybridized carbons (Fsp3) is 0. The molecule has 0 radical (unpaired) electrons. The summed E-state index contributed by atoms with van der Waals surface area (Å²) in [6.45, 7) is 0. The molecule has 0 bridgehead atoms. The average molecular weight is 322 g/mol. The average Bonchev–Trinajstić information content (AvgIpc) is 2.15. The second-order valence-corrected chi connectivity index (χ2v) is 2.69. The van der Waals surface area contributed by atoms with Crippen LogP contribution in [0.2, 0.25) is 0 Å². The molecule has 0 aliphatic heterocycles. The fourth-order valence-electron chi connectivity index (χ4n) is 1.04. The van der Waals surface area contributed by atoms with Crippen LogP contribution in [0.5, 0.6) is 11.5 Å². The van der Waals surface area contributed by atoms with Crippen molar-refractivity contribution in [2.75, 3.05) is 0 Å². The molecule has 0 aliphatic carbocycles. The Morgan fingerprint density at radius 3 is 1.32 bits per heavy atom. The van der Waals surface area contributed by atoms with Gasteiger partial charge in [0, 0.05) is 0 Å². The van der Waals surface area contributed by atoms with E-state index < -0.39 is 43.3 Å². The normalized spacial score (nSPS) is 8.84. The number of nitro groups is 3. The van der Waals surface area contributed by atoms with Gasteiger partial charge in [-0.25, -0.2) is 0 Å². The summed E-state index contributed by atoms with van der Waals surface area (Å²) >= 11 is 0. The summed E-state index contributed by atoms with van der Waals surface area (Å²) in [7, 11) is 0. The first-order valence-corrected chi connectivity index (χ1v) is 3.75. The molecule has 11 nitrogen and oxygen atoms in total. The molecule has 1 aromatic carbocycles. The van der Waals surface area contributed by atoms with Gasteiger partial charge < -0.3 is 10.2 Å². The number of hydrogen-bond donors (Lipinski definition) is 0. The van der Waals surface area contributed by atoms with E-state index in [1.54, 1.807) is 0 Å². The van der Waals surface area contributed by atoms with Crippen LogP contribution in [0.1, 0.15) is 0 Å². The van der Waals surface area contributed by atoms with Crippen LogP contribution in [0.15, 0.2) is 6.07 Å². The quantitative estimate of drug-likeness (QED) is 0.309. The first kappa shape index (κ1) is 21.2. The molecule has 0 atom stereocenters. The van der Waals surface area contributed by atoms with Crippen LogP contribution in [0.25, 0.3) is 0 Å². The van der Waals surface area contributed by atoms with E-state index in [-0.39, 0.29) is 95.2 Å². The molecule has 0 saturated heterocycles. The van der Waals surface area contributed by atoms with Crippen LogP contribution in [-0.4, -0.2) is 52.5 Å². The zero-order valence-corrected chi connectivity index (χ0v) is 14.7. The molecule has 13 heteroatoms. The Morgan fingerprint density at radius 1 is 0.789 bits per heavy atom. The summed E-state index contributed by atoms with van der Waals surface area (Å²) in [5.41, 5.74) is -4.48. The number of hydrogen-bond acceptors (Lipinski definition) is 8. The summed E-state index contributed by atoms with van der Waals surface area (Å²) in [6.07, 6.45) is 0. The summed E-state index contributed by atoms with van der Waals surface area (Å²) in [6, 6.07) is 0.109. The minimum absolute atomic E-state index is 0. The third-order valence-corrected chi connectivity index (χ3v) is 1.74. The largest absolute Gasteiger partial charge is 2.00 e. The molecule has 0 unspecified atom stereocenters. The Balaban J connectivity index is 0. The van der Waals surface area contributed by atoms with Crippen LogP contribution in [0, 0.1) is 30.3 Å². The molecule has 0 N–H and O–H groups in total. The molecule has 0 heterocycles. The van der Waals surface area contributed by atoms with E-state index in [1.807, 2.05) is 0 Å². The maximum absolute atomic E-state index is 11.1. The Morgan fingerprint density at radius 2 is 1.11 bits per heavy atom. The molecule has 0 amide bonds. The maximum atomic E-state index is 11.1. The first-order chi connectivity index (χ1) is 7.77. The van der Waals surface area contributed by atoms with Gasteiger partial charge in [0.2, 0.25) is 0 Å². The van der Waals surface area contributed by atoms with E-state index in [0.29, 0.717) is 0 Å². The number of benzene rings is 1. The molecular weight excluding hydrogens is 321 g/mol. The van der Waals surface area contributed by atoms with Gasteiger partial charge in [-0.1, -0.05) is 0 Å². The Labute approximate surface area is 176 Å². The van der Waals surface area contributed by atoms with Crippen molar-refractivity contribution >= 4 is 54.8 Å². The second-order valence-electron chi connectivity index (χ2n) is 2.69. The van der Waals surface area contributed by atoms with Crippen molar-refractivity contribution in [1.82, 2.24) is 0 Å². The van der Waals surface area contributed by atoms with Crippen molar-refractivity contribution in [3.05, 3.63) is 36.4 Å². The minimum atomic E-state index is -1.75. The van der Waals surface area contributed by atoms with Crippen LogP contribution in [-0.2, 0) is 0 Å². The fourth-order valence-corrected chi connectivity index (χ4v) is 1.04. The van der Waals surface area contributed by atoms with Crippen molar-refractivity contribution in [2.24, 2.45) is 0 Å². The minimum Gasteiger partial charge on any atom is -0.863 e. The van der Waals surface area contributed by atoms with E-state index in [9.17, 15) is 40.6 Å².